The van der Waals surface area contributed by atoms with Crippen molar-refractivity contribution in [2.75, 3.05) is 25.0 Å². The van der Waals surface area contributed by atoms with Crippen molar-refractivity contribution in [3.05, 3.63) is 18.1 Å². The van der Waals surface area contributed by atoms with E-state index in [4.69, 9.17) is 0 Å². The lowest BCUT2D eigenvalue weighted by atomic mass is 10.0. The molecule has 6 nitrogen and oxygen atoms in total. The summed E-state index contributed by atoms with van der Waals surface area (Å²) < 4.78 is 0. The number of nitrogens with zero attached hydrogens (tertiary/aromatic N) is 4. The van der Waals surface area contributed by atoms with E-state index in [2.05, 4.69) is 27.2 Å². The van der Waals surface area contributed by atoms with Crippen molar-refractivity contribution in [3.8, 4) is 0 Å². The van der Waals surface area contributed by atoms with E-state index >= 15 is 0 Å². The topological polar surface area (TPSA) is 61.4 Å². The molecule has 0 radical (unpaired) electrons. The molecule has 0 bridgehead atoms. The van der Waals surface area contributed by atoms with Crippen LogP contribution in [0.3, 0.4) is 0 Å². The maximum absolute atomic E-state index is 12.6. The van der Waals surface area contributed by atoms with E-state index < -0.39 is 0 Å². The number of nitrogens with one attached hydrogen (secondary N) is 1. The number of amides is 2. The van der Waals surface area contributed by atoms with E-state index in [0.717, 1.165) is 50.3 Å². The van der Waals surface area contributed by atoms with Crippen LogP contribution in [0.5, 0.6) is 0 Å². The van der Waals surface area contributed by atoms with Crippen molar-refractivity contribution >= 4 is 11.8 Å². The van der Waals surface area contributed by atoms with Crippen LogP contribution in [0.1, 0.15) is 57.1 Å². The molecule has 1 saturated heterocycles. The molecule has 2 heterocycles. The molecule has 0 spiro atoms. The van der Waals surface area contributed by atoms with E-state index in [9.17, 15) is 4.79 Å². The second-order valence-electron chi connectivity index (χ2n) is 7.48. The molecule has 3 rings (SSSR count). The van der Waals surface area contributed by atoms with E-state index in [1.807, 2.05) is 17.9 Å². The molecule has 6 heteroatoms. The summed E-state index contributed by atoms with van der Waals surface area (Å²) in [6.45, 7) is 3.62. The fourth-order valence-corrected chi connectivity index (χ4v) is 3.97. The number of carbonyl (C=O) groups excluding carboxylic acids is 1. The largest absolute Gasteiger partial charge is 0.356 e. The Morgan fingerprint density at radius 3 is 2.44 bits per heavy atom. The zero-order valence-electron chi connectivity index (χ0n) is 15.6. The molecular weight excluding hydrogens is 314 g/mol. The molecule has 1 aliphatic carbocycles. The number of aromatic nitrogens is 2. The maximum atomic E-state index is 12.6. The SMILES string of the molecule is Cc1cc(N(C)C2CCN(C(=O)NC3CCCCCC3)CC2)ncn1. The van der Waals surface area contributed by atoms with Crippen molar-refractivity contribution in [2.45, 2.75) is 70.4 Å². The van der Waals surface area contributed by atoms with Crippen molar-refractivity contribution in [3.63, 3.8) is 0 Å². The quantitative estimate of drug-likeness (QED) is 0.855. The number of urea groups is 1. The van der Waals surface area contributed by atoms with Crippen LogP contribution in [0.2, 0.25) is 0 Å². The van der Waals surface area contributed by atoms with Gasteiger partial charge in [0.05, 0.1) is 0 Å². The molecule has 2 fully saturated rings. The van der Waals surface area contributed by atoms with Crippen molar-refractivity contribution in [1.29, 1.82) is 0 Å². The van der Waals surface area contributed by atoms with Crippen LogP contribution in [0.25, 0.3) is 0 Å². The third-order valence-electron chi connectivity index (χ3n) is 5.63. The Hall–Kier alpha value is -1.85. The third-order valence-corrected chi connectivity index (χ3v) is 5.63. The van der Waals surface area contributed by atoms with E-state index in [0.29, 0.717) is 12.1 Å². The predicted molar refractivity (Wildman–Crippen MR) is 99.8 cm³/mol. The lowest BCUT2D eigenvalue weighted by Crippen LogP contribution is -2.51. The number of hydrogen-bond donors (Lipinski definition) is 1. The van der Waals surface area contributed by atoms with Gasteiger partial charge < -0.3 is 15.1 Å². The van der Waals surface area contributed by atoms with Gasteiger partial charge in [-0.3, -0.25) is 0 Å². The Balaban J connectivity index is 1.48. The number of rotatable bonds is 3. The number of hydrogen-bond acceptors (Lipinski definition) is 4. The number of piperidine rings is 1. The van der Waals surface area contributed by atoms with E-state index in [1.54, 1.807) is 6.33 Å². The highest BCUT2D eigenvalue weighted by molar-refractivity contribution is 5.74. The van der Waals surface area contributed by atoms with Gasteiger partial charge >= 0.3 is 6.03 Å². The molecule has 2 aliphatic rings. The van der Waals surface area contributed by atoms with Crippen molar-refractivity contribution in [2.24, 2.45) is 0 Å². The van der Waals surface area contributed by atoms with Crippen LogP contribution in [-0.2, 0) is 0 Å². The Morgan fingerprint density at radius 2 is 1.80 bits per heavy atom. The summed E-state index contributed by atoms with van der Waals surface area (Å²) in [5.41, 5.74) is 0.983. The van der Waals surface area contributed by atoms with Gasteiger partial charge in [-0.05, 0) is 32.6 Å². The van der Waals surface area contributed by atoms with Gasteiger partial charge in [-0.2, -0.15) is 0 Å². The van der Waals surface area contributed by atoms with Crippen LogP contribution < -0.4 is 10.2 Å². The van der Waals surface area contributed by atoms with Crippen LogP contribution >= 0.6 is 0 Å². The van der Waals surface area contributed by atoms with Gasteiger partial charge in [0, 0.05) is 44.0 Å². The Morgan fingerprint density at radius 1 is 1.12 bits per heavy atom. The van der Waals surface area contributed by atoms with Crippen LogP contribution in [0.15, 0.2) is 12.4 Å². The summed E-state index contributed by atoms with van der Waals surface area (Å²) in [5, 5.41) is 3.26. The van der Waals surface area contributed by atoms with Crippen molar-refractivity contribution in [1.82, 2.24) is 20.2 Å². The zero-order chi connectivity index (χ0) is 17.6. The number of likely N-dealkylation sites (tertiary alicyclic amines) is 1. The Bertz CT molecular complexity index is 563. The molecule has 1 N–H and O–H groups in total. The van der Waals surface area contributed by atoms with Gasteiger partial charge in [-0.15, -0.1) is 0 Å². The number of anilines is 1. The van der Waals surface area contributed by atoms with Gasteiger partial charge in [0.2, 0.25) is 0 Å². The smallest absolute Gasteiger partial charge is 0.317 e. The van der Waals surface area contributed by atoms with Gasteiger partial charge in [0.1, 0.15) is 12.1 Å². The first kappa shape index (κ1) is 18.0. The van der Waals surface area contributed by atoms with Gasteiger partial charge in [-0.1, -0.05) is 25.7 Å². The first-order valence-electron chi connectivity index (χ1n) is 9.70. The standard InChI is InChI=1S/C19H31N5O/c1-15-13-18(21-14-20-15)23(2)17-9-11-24(12-10-17)19(25)22-16-7-5-3-4-6-8-16/h13-14,16-17H,3-12H2,1-2H3,(H,22,25). The molecule has 0 atom stereocenters. The van der Waals surface area contributed by atoms with Crippen molar-refractivity contribution < 1.29 is 4.79 Å². The second kappa shape index (κ2) is 8.50. The van der Waals surface area contributed by atoms with E-state index in [-0.39, 0.29) is 6.03 Å². The molecule has 0 unspecified atom stereocenters. The first-order chi connectivity index (χ1) is 12.1. The third kappa shape index (κ3) is 4.83. The average molecular weight is 345 g/mol. The average Bonchev–Trinajstić information content (AvgIpc) is 2.90. The molecule has 2 amide bonds. The van der Waals surface area contributed by atoms with Gasteiger partial charge in [-0.25, -0.2) is 14.8 Å². The minimum absolute atomic E-state index is 0.130. The minimum Gasteiger partial charge on any atom is -0.356 e. The van der Waals surface area contributed by atoms with E-state index in [1.165, 1.54) is 25.7 Å². The number of carbonyl (C=O) groups is 1. The predicted octanol–water partition coefficient (Wildman–Crippen LogP) is 3.12. The highest BCUT2D eigenvalue weighted by atomic mass is 16.2. The number of aryl methyl sites for hydroxylation is 1. The summed E-state index contributed by atoms with van der Waals surface area (Å²) in [5.74, 6) is 0.967. The van der Waals surface area contributed by atoms with Gasteiger partial charge in [0.15, 0.2) is 0 Å². The fourth-order valence-electron chi connectivity index (χ4n) is 3.97. The molecule has 1 aromatic rings. The lowest BCUT2D eigenvalue weighted by molar-refractivity contribution is 0.176. The van der Waals surface area contributed by atoms with Gasteiger partial charge in [0.25, 0.3) is 0 Å². The Labute approximate surface area is 151 Å². The van der Waals surface area contributed by atoms with Crippen LogP contribution in [0.4, 0.5) is 10.6 Å². The highest BCUT2D eigenvalue weighted by Gasteiger charge is 2.27. The molecular formula is C19H31N5O. The molecule has 1 aromatic heterocycles. The monoisotopic (exact) mass is 345 g/mol. The first-order valence-corrected chi connectivity index (χ1v) is 9.70. The normalized spacial score (nSPS) is 20.2. The van der Waals surface area contributed by atoms with Crippen LogP contribution in [-0.4, -0.2) is 53.1 Å². The summed E-state index contributed by atoms with van der Waals surface area (Å²) in [6, 6.07) is 2.95. The molecule has 1 aliphatic heterocycles. The summed E-state index contributed by atoms with van der Waals surface area (Å²) in [7, 11) is 2.09. The molecule has 138 valence electrons. The molecule has 0 aromatic carbocycles. The molecule has 25 heavy (non-hydrogen) atoms. The molecule has 1 saturated carbocycles. The maximum Gasteiger partial charge on any atom is 0.317 e. The second-order valence-corrected chi connectivity index (χ2v) is 7.48. The fraction of sp³-hybridized carbons (Fsp3) is 0.737. The zero-order valence-corrected chi connectivity index (χ0v) is 15.6. The Kier molecular flexibility index (Phi) is 6.10. The summed E-state index contributed by atoms with van der Waals surface area (Å²) >= 11 is 0. The van der Waals surface area contributed by atoms with Crippen LogP contribution in [0, 0.1) is 6.92 Å². The summed E-state index contributed by atoms with van der Waals surface area (Å²) in [6.07, 6.45) is 11.0. The lowest BCUT2D eigenvalue weighted by Gasteiger charge is -2.37. The minimum atomic E-state index is 0.130. The highest BCUT2D eigenvalue weighted by Crippen LogP contribution is 2.21. The summed E-state index contributed by atoms with van der Waals surface area (Å²) in [4.78, 5) is 25.3.